The van der Waals surface area contributed by atoms with E-state index in [2.05, 4.69) is 9.72 Å². The van der Waals surface area contributed by atoms with E-state index in [9.17, 15) is 26.7 Å². The molecule has 0 spiro atoms. The van der Waals surface area contributed by atoms with Gasteiger partial charge >= 0.3 is 12.1 Å². The zero-order valence-corrected chi connectivity index (χ0v) is 18.0. The molecular formula is C21H20F5NO3S. The van der Waals surface area contributed by atoms with E-state index < -0.39 is 41.1 Å². The number of nitrogens with zero attached hydrogens (tertiary/aromatic N) is 1. The lowest BCUT2D eigenvalue weighted by Gasteiger charge is -2.23. The van der Waals surface area contributed by atoms with E-state index >= 15 is 0 Å². The summed E-state index contributed by atoms with van der Waals surface area (Å²) in [5.74, 6) is -1.03. The zero-order valence-electron chi connectivity index (χ0n) is 17.1. The van der Waals surface area contributed by atoms with Crippen LogP contribution in [0.3, 0.4) is 0 Å². The SMILES string of the molecule is COC(=O)c1c(C(F)F)nc(C(F)(F)F)c(C(=S)c2ccc(OC)cc2)c1CC(C)C. The smallest absolute Gasteiger partial charge is 0.434 e. The number of methoxy groups -OCH3 is 2. The number of esters is 1. The minimum Gasteiger partial charge on any atom is -0.497 e. The molecule has 0 atom stereocenters. The van der Waals surface area contributed by atoms with Gasteiger partial charge in [0.05, 0.1) is 24.6 Å². The number of hydrogen-bond donors (Lipinski definition) is 0. The molecule has 1 heterocycles. The second-order valence-electron chi connectivity index (χ2n) is 7.02. The third-order valence-electron chi connectivity index (χ3n) is 4.39. The van der Waals surface area contributed by atoms with Gasteiger partial charge in [0.2, 0.25) is 0 Å². The van der Waals surface area contributed by atoms with Crippen molar-refractivity contribution < 1.29 is 36.2 Å². The Hall–Kier alpha value is -2.62. The number of hydrogen-bond acceptors (Lipinski definition) is 5. The van der Waals surface area contributed by atoms with Crippen molar-refractivity contribution in [1.29, 1.82) is 0 Å². The summed E-state index contributed by atoms with van der Waals surface area (Å²) in [4.78, 5) is 15.3. The van der Waals surface area contributed by atoms with Crippen LogP contribution in [0.15, 0.2) is 24.3 Å². The van der Waals surface area contributed by atoms with E-state index in [0.717, 1.165) is 7.11 Å². The van der Waals surface area contributed by atoms with Gasteiger partial charge in [-0.05, 0) is 47.7 Å². The van der Waals surface area contributed by atoms with Crippen molar-refractivity contribution in [2.24, 2.45) is 5.92 Å². The van der Waals surface area contributed by atoms with Crippen LogP contribution in [0.1, 0.15) is 58.7 Å². The number of rotatable bonds is 7. The van der Waals surface area contributed by atoms with Crippen LogP contribution in [-0.4, -0.2) is 30.0 Å². The van der Waals surface area contributed by atoms with Crippen molar-refractivity contribution in [1.82, 2.24) is 4.98 Å². The summed E-state index contributed by atoms with van der Waals surface area (Å²) >= 11 is 5.33. The standard InChI is InChI=1S/C21H20F5NO3S/c1-10(2)9-13-14(20(28)30-4)16(19(22)23)27-18(21(24,25)26)15(13)17(31)11-5-7-12(29-3)8-6-11/h5-8,10,19H,9H2,1-4H3. The van der Waals surface area contributed by atoms with Crippen molar-refractivity contribution in [2.45, 2.75) is 32.9 Å². The van der Waals surface area contributed by atoms with Gasteiger partial charge in [-0.3, -0.25) is 0 Å². The first-order valence-electron chi connectivity index (χ1n) is 9.11. The Bertz CT molecular complexity index is 972. The van der Waals surface area contributed by atoms with Crippen molar-refractivity contribution in [3.8, 4) is 5.75 Å². The van der Waals surface area contributed by atoms with Crippen LogP contribution in [0.2, 0.25) is 0 Å². The first-order chi connectivity index (χ1) is 14.4. The Kier molecular flexibility index (Phi) is 7.69. The molecule has 0 amide bonds. The van der Waals surface area contributed by atoms with Gasteiger partial charge in [-0.25, -0.2) is 18.6 Å². The normalized spacial score (nSPS) is 11.7. The number of aromatic nitrogens is 1. The van der Waals surface area contributed by atoms with Crippen molar-refractivity contribution in [2.75, 3.05) is 14.2 Å². The Labute approximate surface area is 181 Å². The summed E-state index contributed by atoms with van der Waals surface area (Å²) in [6.07, 6.45) is -8.64. The molecule has 0 radical (unpaired) electrons. The van der Waals surface area contributed by atoms with Crippen molar-refractivity contribution in [3.05, 3.63) is 57.9 Å². The highest BCUT2D eigenvalue weighted by molar-refractivity contribution is 7.81. The fraction of sp³-hybridized carbons (Fsp3) is 0.381. The van der Waals surface area contributed by atoms with E-state index in [0.29, 0.717) is 5.75 Å². The van der Waals surface area contributed by atoms with Gasteiger partial charge in [-0.2, -0.15) is 13.2 Å². The number of carbonyl (C=O) groups excluding carboxylic acids is 1. The molecule has 2 aromatic rings. The molecule has 10 heteroatoms. The first-order valence-corrected chi connectivity index (χ1v) is 9.52. The van der Waals surface area contributed by atoms with Gasteiger partial charge in [0.25, 0.3) is 6.43 Å². The van der Waals surface area contributed by atoms with Gasteiger partial charge in [0.15, 0.2) is 5.69 Å². The first kappa shape index (κ1) is 24.6. The molecule has 0 aliphatic rings. The number of carbonyl (C=O) groups is 1. The Morgan fingerprint density at radius 2 is 1.68 bits per heavy atom. The highest BCUT2D eigenvalue weighted by Crippen LogP contribution is 2.39. The Morgan fingerprint density at radius 1 is 1.10 bits per heavy atom. The van der Waals surface area contributed by atoms with E-state index in [1.165, 1.54) is 31.4 Å². The maximum absolute atomic E-state index is 13.9. The highest BCUT2D eigenvalue weighted by atomic mass is 32.1. The molecule has 0 unspecified atom stereocenters. The molecular weight excluding hydrogens is 441 g/mol. The average Bonchev–Trinajstić information content (AvgIpc) is 2.70. The lowest BCUT2D eigenvalue weighted by atomic mass is 9.88. The van der Waals surface area contributed by atoms with Gasteiger partial charge in [0, 0.05) is 5.56 Å². The van der Waals surface area contributed by atoms with E-state index in [-0.39, 0.29) is 28.3 Å². The van der Waals surface area contributed by atoms with Crippen molar-refractivity contribution >= 4 is 23.1 Å². The van der Waals surface area contributed by atoms with E-state index in [1.54, 1.807) is 13.8 Å². The van der Waals surface area contributed by atoms with Crippen LogP contribution >= 0.6 is 12.2 Å². The van der Waals surface area contributed by atoms with Crippen LogP contribution in [-0.2, 0) is 17.3 Å². The predicted octanol–water partition coefficient (Wildman–Crippen LogP) is 5.80. The molecule has 0 saturated heterocycles. The molecule has 4 nitrogen and oxygen atoms in total. The topological polar surface area (TPSA) is 48.4 Å². The van der Waals surface area contributed by atoms with E-state index in [1.807, 2.05) is 0 Å². The number of ether oxygens (including phenoxy) is 2. The number of alkyl halides is 5. The summed E-state index contributed by atoms with van der Waals surface area (Å²) in [5.41, 5.74) is -4.16. The summed E-state index contributed by atoms with van der Waals surface area (Å²) in [6, 6.07) is 5.89. The molecule has 0 bridgehead atoms. The quantitative estimate of drug-likeness (QED) is 0.226. The molecule has 0 N–H and O–H groups in total. The summed E-state index contributed by atoms with van der Waals surface area (Å²) < 4.78 is 78.7. The molecule has 0 saturated carbocycles. The predicted molar refractivity (Wildman–Crippen MR) is 108 cm³/mol. The van der Waals surface area contributed by atoms with Crippen LogP contribution < -0.4 is 4.74 Å². The van der Waals surface area contributed by atoms with Gasteiger partial charge < -0.3 is 9.47 Å². The minimum absolute atomic E-state index is 0.124. The molecule has 0 aliphatic heterocycles. The van der Waals surface area contributed by atoms with Crippen LogP contribution in [0.4, 0.5) is 22.0 Å². The second kappa shape index (κ2) is 9.67. The Morgan fingerprint density at radius 3 is 2.10 bits per heavy atom. The largest absolute Gasteiger partial charge is 0.497 e. The summed E-state index contributed by atoms with van der Waals surface area (Å²) in [6.45, 7) is 3.36. The second-order valence-corrected chi connectivity index (χ2v) is 7.43. The molecule has 2 rings (SSSR count). The molecule has 0 aliphatic carbocycles. The lowest BCUT2D eigenvalue weighted by Crippen LogP contribution is -2.25. The van der Waals surface area contributed by atoms with Crippen LogP contribution in [0.5, 0.6) is 5.75 Å². The van der Waals surface area contributed by atoms with Gasteiger partial charge in [-0.15, -0.1) is 0 Å². The third kappa shape index (κ3) is 5.36. The fourth-order valence-electron chi connectivity index (χ4n) is 3.09. The van der Waals surface area contributed by atoms with Crippen LogP contribution in [0.25, 0.3) is 0 Å². The summed E-state index contributed by atoms with van der Waals surface area (Å²) in [5, 5.41) is 0. The maximum atomic E-state index is 13.9. The van der Waals surface area contributed by atoms with E-state index in [4.69, 9.17) is 17.0 Å². The molecule has 1 aromatic carbocycles. The van der Waals surface area contributed by atoms with Crippen LogP contribution in [0, 0.1) is 5.92 Å². The average molecular weight is 461 g/mol. The monoisotopic (exact) mass is 461 g/mol. The maximum Gasteiger partial charge on any atom is 0.434 e. The summed E-state index contributed by atoms with van der Waals surface area (Å²) in [7, 11) is 2.38. The molecule has 168 valence electrons. The number of thiocarbonyl (C=S) groups is 1. The Balaban J connectivity index is 2.96. The molecule has 0 fully saturated rings. The zero-order chi connectivity index (χ0) is 23.5. The number of benzene rings is 1. The number of pyridine rings is 1. The molecule has 31 heavy (non-hydrogen) atoms. The minimum atomic E-state index is -5.09. The van der Waals surface area contributed by atoms with Gasteiger partial charge in [0.1, 0.15) is 11.4 Å². The van der Waals surface area contributed by atoms with Crippen molar-refractivity contribution in [3.63, 3.8) is 0 Å². The lowest BCUT2D eigenvalue weighted by molar-refractivity contribution is -0.141. The highest BCUT2D eigenvalue weighted by Gasteiger charge is 2.41. The van der Waals surface area contributed by atoms with Gasteiger partial charge in [-0.1, -0.05) is 26.1 Å². The third-order valence-corrected chi connectivity index (χ3v) is 4.82. The fourth-order valence-corrected chi connectivity index (χ4v) is 3.45. The molecule has 1 aromatic heterocycles. The number of halogens is 5.